The molecule has 0 radical (unpaired) electrons. The molecule has 1 aromatic carbocycles. The maximum atomic E-state index is 12.1. The third-order valence-electron chi connectivity index (χ3n) is 2.47. The number of aliphatic imine (C=N–C) groups is 1. The molecule has 2 N–H and O–H groups in total. The molecule has 0 spiro atoms. The van der Waals surface area contributed by atoms with E-state index >= 15 is 0 Å². The molecule has 0 bridgehead atoms. The minimum Gasteiger partial charge on any atom is -0.357 e. The zero-order chi connectivity index (χ0) is 15.9. The van der Waals surface area contributed by atoms with Crippen LogP contribution in [-0.2, 0) is 6.54 Å². The summed E-state index contributed by atoms with van der Waals surface area (Å²) >= 11 is 9.37. The normalized spacial score (nSPS) is 11.8. The first-order valence-corrected chi connectivity index (χ1v) is 7.52. The van der Waals surface area contributed by atoms with E-state index in [2.05, 4.69) is 31.6 Å². The van der Waals surface area contributed by atoms with Gasteiger partial charge in [-0.2, -0.15) is 13.2 Å². The maximum Gasteiger partial charge on any atom is 0.390 e. The van der Waals surface area contributed by atoms with Crippen molar-refractivity contribution >= 4 is 57.5 Å². The average molecular weight is 515 g/mol. The maximum absolute atomic E-state index is 12.1. The molecule has 0 heterocycles. The fraction of sp³-hybridized carbons (Fsp3) is 0.462. The summed E-state index contributed by atoms with van der Waals surface area (Å²) in [5.41, 5.74) is 0.799. The molecule has 0 amide bonds. The van der Waals surface area contributed by atoms with Crippen molar-refractivity contribution in [3.8, 4) is 0 Å². The van der Waals surface area contributed by atoms with Crippen LogP contribution in [0.5, 0.6) is 0 Å². The van der Waals surface area contributed by atoms with Gasteiger partial charge < -0.3 is 10.6 Å². The summed E-state index contributed by atoms with van der Waals surface area (Å²) in [5, 5.41) is 6.09. The molecular formula is C13H17BrClF3IN3. The van der Waals surface area contributed by atoms with Gasteiger partial charge in [-0.25, -0.2) is 4.99 Å². The molecule has 0 aromatic heterocycles. The first-order chi connectivity index (χ1) is 9.81. The van der Waals surface area contributed by atoms with Gasteiger partial charge in [0.25, 0.3) is 0 Å². The van der Waals surface area contributed by atoms with Crippen LogP contribution < -0.4 is 10.6 Å². The lowest BCUT2D eigenvalue weighted by molar-refractivity contribution is -0.132. The highest BCUT2D eigenvalue weighted by Crippen LogP contribution is 2.22. The summed E-state index contributed by atoms with van der Waals surface area (Å²) in [5.74, 6) is 0.334. The van der Waals surface area contributed by atoms with Gasteiger partial charge >= 0.3 is 6.18 Å². The number of nitrogens with zero attached hydrogens (tertiary/aromatic N) is 1. The van der Waals surface area contributed by atoms with Crippen molar-refractivity contribution in [3.63, 3.8) is 0 Å². The van der Waals surface area contributed by atoms with Crippen LogP contribution in [0, 0.1) is 0 Å². The summed E-state index contributed by atoms with van der Waals surface area (Å²) in [7, 11) is 0. The molecule has 9 heteroatoms. The third-order valence-corrected chi connectivity index (χ3v) is 3.31. The van der Waals surface area contributed by atoms with E-state index in [4.69, 9.17) is 11.6 Å². The van der Waals surface area contributed by atoms with E-state index in [-0.39, 0.29) is 37.1 Å². The van der Waals surface area contributed by atoms with Gasteiger partial charge in [0.2, 0.25) is 0 Å². The lowest BCUT2D eigenvalue weighted by atomic mass is 10.2. The summed E-state index contributed by atoms with van der Waals surface area (Å²) in [6.07, 6.45) is -5.09. The number of rotatable bonds is 5. The summed E-state index contributed by atoms with van der Waals surface area (Å²) < 4.78 is 37.2. The van der Waals surface area contributed by atoms with Gasteiger partial charge in [0.15, 0.2) is 5.96 Å². The molecule has 0 saturated carbocycles. The van der Waals surface area contributed by atoms with E-state index in [9.17, 15) is 13.2 Å². The van der Waals surface area contributed by atoms with Crippen molar-refractivity contribution in [3.05, 3.63) is 33.3 Å². The van der Waals surface area contributed by atoms with Crippen molar-refractivity contribution in [2.45, 2.75) is 26.1 Å². The number of benzene rings is 1. The van der Waals surface area contributed by atoms with Gasteiger partial charge in [-0.05, 0) is 24.6 Å². The predicted octanol–water partition coefficient (Wildman–Crippen LogP) is 4.73. The van der Waals surface area contributed by atoms with E-state index in [0.29, 0.717) is 17.5 Å². The van der Waals surface area contributed by atoms with Crippen LogP contribution in [0.25, 0.3) is 0 Å². The second-order valence-electron chi connectivity index (χ2n) is 4.22. The fourth-order valence-corrected chi connectivity index (χ4v) is 2.21. The first kappa shape index (κ1) is 21.8. The molecule has 0 aliphatic heterocycles. The monoisotopic (exact) mass is 513 g/mol. The second kappa shape index (κ2) is 10.5. The van der Waals surface area contributed by atoms with Crippen LogP contribution in [-0.4, -0.2) is 25.2 Å². The highest BCUT2D eigenvalue weighted by Gasteiger charge is 2.26. The number of hydrogen-bond donors (Lipinski definition) is 2. The molecule has 0 aliphatic rings. The Labute approximate surface area is 158 Å². The Morgan fingerprint density at radius 1 is 1.32 bits per heavy atom. The lowest BCUT2D eigenvalue weighted by Gasteiger charge is -2.12. The zero-order valence-electron chi connectivity index (χ0n) is 11.8. The van der Waals surface area contributed by atoms with Crippen LogP contribution >= 0.6 is 51.5 Å². The smallest absolute Gasteiger partial charge is 0.357 e. The van der Waals surface area contributed by atoms with Gasteiger partial charge in [0.1, 0.15) is 0 Å². The number of alkyl halides is 3. The minimum atomic E-state index is -4.18. The van der Waals surface area contributed by atoms with Crippen molar-refractivity contribution in [2.75, 3.05) is 13.1 Å². The fourth-order valence-electron chi connectivity index (χ4n) is 1.48. The molecule has 0 saturated heterocycles. The van der Waals surface area contributed by atoms with E-state index in [0.717, 1.165) is 10.0 Å². The van der Waals surface area contributed by atoms with Crippen molar-refractivity contribution < 1.29 is 13.2 Å². The molecule has 3 nitrogen and oxygen atoms in total. The Bertz CT molecular complexity index is 498. The standard InChI is InChI=1S/C13H16BrClF3N3.HI/c1-2-19-12(20-6-5-13(16,17)18)21-8-9-3-4-10(14)7-11(9)15;/h3-4,7H,2,5-6,8H2,1H3,(H2,19,20,21);1H. The Morgan fingerprint density at radius 3 is 2.55 bits per heavy atom. The molecule has 0 atom stereocenters. The number of nitrogens with one attached hydrogen (secondary N) is 2. The van der Waals surface area contributed by atoms with Gasteiger partial charge in [-0.15, -0.1) is 24.0 Å². The summed E-state index contributed by atoms with van der Waals surface area (Å²) in [4.78, 5) is 4.22. The quantitative estimate of drug-likeness (QED) is 0.339. The third kappa shape index (κ3) is 9.04. The van der Waals surface area contributed by atoms with E-state index in [1.54, 1.807) is 6.07 Å². The van der Waals surface area contributed by atoms with Gasteiger partial charge in [-0.3, -0.25) is 0 Å². The van der Waals surface area contributed by atoms with Crippen molar-refractivity contribution in [2.24, 2.45) is 4.99 Å². The topological polar surface area (TPSA) is 36.4 Å². The summed E-state index contributed by atoms with van der Waals surface area (Å²) in [6.45, 7) is 2.47. The second-order valence-corrected chi connectivity index (χ2v) is 5.55. The molecule has 0 unspecified atom stereocenters. The average Bonchev–Trinajstić information content (AvgIpc) is 2.36. The van der Waals surface area contributed by atoms with Gasteiger partial charge in [-0.1, -0.05) is 33.6 Å². The molecule has 0 aliphatic carbocycles. The number of guanidine groups is 1. The van der Waals surface area contributed by atoms with Crippen molar-refractivity contribution in [1.29, 1.82) is 0 Å². The lowest BCUT2D eigenvalue weighted by Crippen LogP contribution is -2.38. The van der Waals surface area contributed by atoms with E-state index in [1.807, 2.05) is 19.1 Å². The van der Waals surface area contributed by atoms with E-state index in [1.165, 1.54) is 0 Å². The largest absolute Gasteiger partial charge is 0.390 e. The summed E-state index contributed by atoms with van der Waals surface area (Å²) in [6, 6.07) is 5.40. The molecule has 22 heavy (non-hydrogen) atoms. The predicted molar refractivity (Wildman–Crippen MR) is 98.1 cm³/mol. The molecule has 0 fully saturated rings. The Morgan fingerprint density at radius 2 is 2.00 bits per heavy atom. The van der Waals surface area contributed by atoms with Crippen LogP contribution in [0.4, 0.5) is 13.2 Å². The van der Waals surface area contributed by atoms with Crippen LogP contribution in [0.1, 0.15) is 18.9 Å². The highest BCUT2D eigenvalue weighted by molar-refractivity contribution is 14.0. The SMILES string of the molecule is CCNC(=NCc1ccc(Br)cc1Cl)NCCC(F)(F)F.I. The van der Waals surface area contributed by atoms with Crippen LogP contribution in [0.2, 0.25) is 5.02 Å². The Kier molecular flexibility index (Phi) is 10.4. The van der Waals surface area contributed by atoms with Crippen LogP contribution in [0.15, 0.2) is 27.7 Å². The number of hydrogen-bond acceptors (Lipinski definition) is 1. The number of halogens is 6. The van der Waals surface area contributed by atoms with Gasteiger partial charge in [0.05, 0.1) is 13.0 Å². The molecule has 1 rings (SSSR count). The molecule has 126 valence electrons. The Hall–Kier alpha value is -0.220. The Balaban J connectivity index is 0.00000441. The minimum absolute atomic E-state index is 0. The molecular weight excluding hydrogens is 497 g/mol. The van der Waals surface area contributed by atoms with Gasteiger partial charge in [0, 0.05) is 22.6 Å². The van der Waals surface area contributed by atoms with E-state index < -0.39 is 12.6 Å². The zero-order valence-corrected chi connectivity index (χ0v) is 16.5. The highest BCUT2D eigenvalue weighted by atomic mass is 127. The van der Waals surface area contributed by atoms with Crippen LogP contribution in [0.3, 0.4) is 0 Å². The molecule has 1 aromatic rings. The van der Waals surface area contributed by atoms with Crippen molar-refractivity contribution in [1.82, 2.24) is 10.6 Å². The first-order valence-electron chi connectivity index (χ1n) is 6.34.